The van der Waals surface area contributed by atoms with Crippen LogP contribution in [0.25, 0.3) is 5.53 Å². The molecule has 0 amide bonds. The van der Waals surface area contributed by atoms with Gasteiger partial charge in [0.25, 0.3) is 5.78 Å². The first-order valence-electron chi connectivity index (χ1n) is 3.77. The summed E-state index contributed by atoms with van der Waals surface area (Å²) in [7, 11) is 0. The molecular weight excluding hydrogens is 239 g/mol. The van der Waals surface area contributed by atoms with E-state index in [1.165, 1.54) is 18.2 Å². The molecule has 0 unspecified atom stereocenters. The van der Waals surface area contributed by atoms with Crippen LogP contribution < -0.4 is 0 Å². The number of carbonyl (C=O) groups excluding carboxylic acids is 2. The van der Waals surface area contributed by atoms with Crippen LogP contribution in [0.2, 0.25) is 10.0 Å². The molecule has 0 aromatic heterocycles. The largest absolute Gasteiger partial charge is 0.401 e. The number of aldehydes is 1. The van der Waals surface area contributed by atoms with Crippen LogP contribution in [0.15, 0.2) is 18.2 Å². The molecule has 0 atom stereocenters. The van der Waals surface area contributed by atoms with E-state index in [1.54, 1.807) is 0 Å². The number of rotatable bonds is 3. The maximum absolute atomic E-state index is 11.5. The summed E-state index contributed by atoms with van der Waals surface area (Å²) >= 11 is 11.3. The van der Waals surface area contributed by atoms with Crippen molar-refractivity contribution in [2.75, 3.05) is 0 Å². The molecule has 0 aliphatic carbocycles. The summed E-state index contributed by atoms with van der Waals surface area (Å²) in [5.41, 5.74) is 7.81. The van der Waals surface area contributed by atoms with E-state index in [9.17, 15) is 9.59 Å². The first-order valence-corrected chi connectivity index (χ1v) is 4.52. The van der Waals surface area contributed by atoms with Gasteiger partial charge in [0.1, 0.15) is 0 Å². The van der Waals surface area contributed by atoms with Crippen molar-refractivity contribution in [2.24, 2.45) is 0 Å². The second-order valence-corrected chi connectivity index (χ2v) is 3.40. The predicted molar refractivity (Wildman–Crippen MR) is 55.5 cm³/mol. The van der Waals surface area contributed by atoms with Gasteiger partial charge in [-0.3, -0.25) is 9.59 Å². The summed E-state index contributed by atoms with van der Waals surface area (Å²) in [6.07, 6.45) is 0.146. The van der Waals surface area contributed by atoms with E-state index in [0.29, 0.717) is 5.02 Å². The monoisotopic (exact) mass is 242 g/mol. The standard InChI is InChI=1S/C9H4Cl2N2O2/c10-5-1-2-6(7(11)3-5)9(15)8(4-14)13-12/h1-4H. The van der Waals surface area contributed by atoms with Gasteiger partial charge in [0.2, 0.25) is 6.29 Å². The summed E-state index contributed by atoms with van der Waals surface area (Å²) in [4.78, 5) is 24.4. The maximum Gasteiger partial charge on any atom is 0.401 e. The van der Waals surface area contributed by atoms with E-state index in [1.807, 2.05) is 0 Å². The third-order valence-corrected chi connectivity index (χ3v) is 2.18. The van der Waals surface area contributed by atoms with E-state index in [2.05, 4.69) is 4.79 Å². The van der Waals surface area contributed by atoms with Gasteiger partial charge in [0.15, 0.2) is 0 Å². The fourth-order valence-electron chi connectivity index (χ4n) is 0.934. The van der Waals surface area contributed by atoms with Gasteiger partial charge in [-0.1, -0.05) is 23.2 Å². The SMILES string of the molecule is [N-]=[N+]=C(C=O)C(=O)c1ccc(Cl)cc1Cl. The molecule has 0 N–H and O–H groups in total. The number of nitrogens with zero attached hydrogens (tertiary/aromatic N) is 2. The number of benzene rings is 1. The molecule has 0 bridgehead atoms. The zero-order valence-electron chi connectivity index (χ0n) is 7.28. The minimum Gasteiger partial charge on any atom is -0.360 e. The molecule has 0 radical (unpaired) electrons. The number of hydrogen-bond acceptors (Lipinski definition) is 2. The zero-order chi connectivity index (χ0) is 11.4. The number of halogens is 2. The number of carbonyl (C=O) groups is 2. The molecule has 1 aromatic rings. The minimum absolute atomic E-state index is 0.0565. The highest BCUT2D eigenvalue weighted by molar-refractivity contribution is 6.63. The summed E-state index contributed by atoms with van der Waals surface area (Å²) in [5, 5.41) is 0.459. The van der Waals surface area contributed by atoms with E-state index >= 15 is 0 Å². The highest BCUT2D eigenvalue weighted by Gasteiger charge is 2.23. The van der Waals surface area contributed by atoms with Crippen molar-refractivity contribution in [1.82, 2.24) is 0 Å². The molecule has 6 heteroatoms. The molecule has 0 aliphatic heterocycles. The van der Waals surface area contributed by atoms with Crippen molar-refractivity contribution in [3.05, 3.63) is 39.3 Å². The fourth-order valence-corrected chi connectivity index (χ4v) is 1.43. The molecule has 0 fully saturated rings. The van der Waals surface area contributed by atoms with E-state index in [4.69, 9.17) is 28.7 Å². The molecule has 1 rings (SSSR count). The number of ketones is 1. The molecule has 76 valence electrons. The van der Waals surface area contributed by atoms with E-state index < -0.39 is 11.5 Å². The second-order valence-electron chi connectivity index (χ2n) is 2.56. The van der Waals surface area contributed by atoms with Crippen LogP contribution in [0.1, 0.15) is 10.4 Å². The van der Waals surface area contributed by atoms with Crippen LogP contribution in [-0.2, 0) is 4.79 Å². The topological polar surface area (TPSA) is 70.5 Å². The van der Waals surface area contributed by atoms with Crippen LogP contribution in [0.5, 0.6) is 0 Å². The third-order valence-electron chi connectivity index (χ3n) is 1.63. The van der Waals surface area contributed by atoms with Crippen LogP contribution in [0.3, 0.4) is 0 Å². The Balaban J connectivity index is 3.23. The maximum atomic E-state index is 11.5. The Morgan fingerprint density at radius 3 is 2.53 bits per heavy atom. The van der Waals surface area contributed by atoms with Gasteiger partial charge in [-0.05, 0) is 18.2 Å². The second kappa shape index (κ2) is 4.84. The van der Waals surface area contributed by atoms with Gasteiger partial charge in [-0.25, -0.2) is 0 Å². The van der Waals surface area contributed by atoms with E-state index in [-0.39, 0.29) is 16.9 Å². The normalized spacial score (nSPS) is 9.20. The molecule has 0 heterocycles. The number of Topliss-reactive ketones (excluding diaryl/α,β-unsaturated/α-hetero) is 1. The van der Waals surface area contributed by atoms with Gasteiger partial charge < -0.3 is 5.53 Å². The molecule has 1 aromatic carbocycles. The van der Waals surface area contributed by atoms with Crippen LogP contribution in [0.4, 0.5) is 0 Å². The smallest absolute Gasteiger partial charge is 0.360 e. The summed E-state index contributed by atoms with van der Waals surface area (Å²) < 4.78 is 0. The van der Waals surface area contributed by atoms with Crippen molar-refractivity contribution in [1.29, 1.82) is 0 Å². The summed E-state index contributed by atoms with van der Waals surface area (Å²) in [5.74, 6) is -0.755. The van der Waals surface area contributed by atoms with Crippen molar-refractivity contribution in [2.45, 2.75) is 0 Å². The quantitative estimate of drug-likeness (QED) is 0.203. The Bertz CT molecular complexity index is 479. The molecule has 0 aliphatic rings. The Hall–Kier alpha value is -1.48. The summed E-state index contributed by atoms with van der Waals surface area (Å²) in [6, 6.07) is 4.15. The zero-order valence-corrected chi connectivity index (χ0v) is 8.79. The summed E-state index contributed by atoms with van der Waals surface area (Å²) in [6.45, 7) is 0. The molecule has 4 nitrogen and oxygen atoms in total. The van der Waals surface area contributed by atoms with Gasteiger partial charge in [0.05, 0.1) is 5.02 Å². The first-order chi connectivity index (χ1) is 7.10. The van der Waals surface area contributed by atoms with Crippen molar-refractivity contribution < 1.29 is 14.4 Å². The van der Waals surface area contributed by atoms with Gasteiger partial charge in [0, 0.05) is 10.6 Å². The lowest BCUT2D eigenvalue weighted by Crippen LogP contribution is -2.17. The molecule has 0 spiro atoms. The van der Waals surface area contributed by atoms with Crippen molar-refractivity contribution in [3.63, 3.8) is 0 Å². The Labute approximate surface area is 95.0 Å². The lowest BCUT2D eigenvalue weighted by Gasteiger charge is -1.98. The molecule has 0 saturated heterocycles. The minimum atomic E-state index is -0.755. The number of hydrogen-bond donors (Lipinski definition) is 0. The Morgan fingerprint density at radius 1 is 1.40 bits per heavy atom. The molecular formula is C9H4Cl2N2O2. The highest BCUT2D eigenvalue weighted by atomic mass is 35.5. The average molecular weight is 243 g/mol. The lowest BCUT2D eigenvalue weighted by atomic mass is 10.1. The van der Waals surface area contributed by atoms with Crippen LogP contribution in [0, 0.1) is 0 Å². The highest BCUT2D eigenvalue weighted by Crippen LogP contribution is 2.21. The molecule has 0 saturated carbocycles. The van der Waals surface area contributed by atoms with Crippen molar-refractivity contribution in [3.8, 4) is 0 Å². The predicted octanol–water partition coefficient (Wildman–Crippen LogP) is 2.05. The Kier molecular flexibility index (Phi) is 3.74. The fraction of sp³-hybridized carbons (Fsp3) is 0. The van der Waals surface area contributed by atoms with Gasteiger partial charge in [-0.15, -0.1) is 0 Å². The Morgan fingerprint density at radius 2 is 2.07 bits per heavy atom. The van der Waals surface area contributed by atoms with Crippen molar-refractivity contribution >= 4 is 41.0 Å². The lowest BCUT2D eigenvalue weighted by molar-refractivity contribution is -0.106. The van der Waals surface area contributed by atoms with E-state index in [0.717, 1.165) is 0 Å². The van der Waals surface area contributed by atoms with Gasteiger partial charge in [-0.2, -0.15) is 4.79 Å². The molecule has 15 heavy (non-hydrogen) atoms. The first kappa shape index (κ1) is 11.6. The average Bonchev–Trinajstić information content (AvgIpc) is 2.19. The van der Waals surface area contributed by atoms with Crippen LogP contribution >= 0.6 is 23.2 Å². The third kappa shape index (κ3) is 2.50. The van der Waals surface area contributed by atoms with Crippen LogP contribution in [-0.4, -0.2) is 22.6 Å². The van der Waals surface area contributed by atoms with Gasteiger partial charge >= 0.3 is 5.71 Å².